The summed E-state index contributed by atoms with van der Waals surface area (Å²) in [6.07, 6.45) is 1.51. The first-order valence-electron chi connectivity index (χ1n) is 5.89. The SMILES string of the molecule is CC1CCOC1C(N)Cc1cc(Cl)ccc1F. The monoisotopic (exact) mass is 257 g/mol. The van der Waals surface area contributed by atoms with Crippen LogP contribution < -0.4 is 5.73 Å². The third-order valence-electron chi connectivity index (χ3n) is 3.33. The van der Waals surface area contributed by atoms with Gasteiger partial charge in [0.25, 0.3) is 0 Å². The van der Waals surface area contributed by atoms with Crippen LogP contribution in [0.25, 0.3) is 0 Å². The van der Waals surface area contributed by atoms with E-state index >= 15 is 0 Å². The third-order valence-corrected chi connectivity index (χ3v) is 3.56. The Hall–Kier alpha value is -0.640. The van der Waals surface area contributed by atoms with Crippen molar-refractivity contribution < 1.29 is 9.13 Å². The average Bonchev–Trinajstić information content (AvgIpc) is 2.70. The van der Waals surface area contributed by atoms with Gasteiger partial charge in [-0.3, -0.25) is 0 Å². The first-order chi connectivity index (χ1) is 8.08. The summed E-state index contributed by atoms with van der Waals surface area (Å²) >= 11 is 5.85. The Morgan fingerprint density at radius 3 is 3.00 bits per heavy atom. The molecule has 1 aliphatic heterocycles. The largest absolute Gasteiger partial charge is 0.376 e. The highest BCUT2D eigenvalue weighted by molar-refractivity contribution is 6.30. The van der Waals surface area contributed by atoms with Crippen LogP contribution in [-0.4, -0.2) is 18.8 Å². The van der Waals surface area contributed by atoms with Gasteiger partial charge in [-0.1, -0.05) is 18.5 Å². The lowest BCUT2D eigenvalue weighted by Gasteiger charge is -2.22. The number of hydrogen-bond donors (Lipinski definition) is 1. The van der Waals surface area contributed by atoms with Gasteiger partial charge in [0.1, 0.15) is 5.82 Å². The lowest BCUT2D eigenvalue weighted by Crippen LogP contribution is -2.39. The van der Waals surface area contributed by atoms with Crippen LogP contribution in [-0.2, 0) is 11.2 Å². The van der Waals surface area contributed by atoms with E-state index in [4.69, 9.17) is 22.1 Å². The molecule has 0 aromatic heterocycles. The van der Waals surface area contributed by atoms with E-state index in [0.717, 1.165) is 13.0 Å². The van der Waals surface area contributed by atoms with E-state index in [-0.39, 0.29) is 18.0 Å². The molecule has 0 saturated carbocycles. The molecular formula is C13H17ClFNO. The Morgan fingerprint density at radius 1 is 1.59 bits per heavy atom. The third kappa shape index (κ3) is 2.97. The number of halogens is 2. The van der Waals surface area contributed by atoms with Crippen molar-refractivity contribution in [3.63, 3.8) is 0 Å². The van der Waals surface area contributed by atoms with Crippen molar-refractivity contribution in [3.8, 4) is 0 Å². The zero-order chi connectivity index (χ0) is 12.4. The van der Waals surface area contributed by atoms with E-state index in [1.807, 2.05) is 0 Å². The number of nitrogens with two attached hydrogens (primary N) is 1. The number of rotatable bonds is 3. The molecule has 0 spiro atoms. The van der Waals surface area contributed by atoms with Crippen molar-refractivity contribution >= 4 is 11.6 Å². The Kier molecular flexibility index (Phi) is 4.02. The first-order valence-corrected chi connectivity index (χ1v) is 6.27. The lowest BCUT2D eigenvalue weighted by molar-refractivity contribution is 0.0724. The van der Waals surface area contributed by atoms with E-state index in [1.165, 1.54) is 6.07 Å². The molecule has 1 aromatic carbocycles. The predicted octanol–water partition coefficient (Wildman–Crippen LogP) is 2.77. The minimum atomic E-state index is -0.254. The normalized spacial score (nSPS) is 26.1. The van der Waals surface area contributed by atoms with Gasteiger partial charge in [-0.25, -0.2) is 4.39 Å². The second-order valence-electron chi connectivity index (χ2n) is 4.71. The Bertz CT molecular complexity index is 399. The maximum Gasteiger partial charge on any atom is 0.126 e. The molecule has 0 aliphatic carbocycles. The van der Waals surface area contributed by atoms with Crippen LogP contribution >= 0.6 is 11.6 Å². The zero-order valence-corrected chi connectivity index (χ0v) is 10.6. The van der Waals surface area contributed by atoms with E-state index in [9.17, 15) is 4.39 Å². The molecular weight excluding hydrogens is 241 g/mol. The highest BCUT2D eigenvalue weighted by Gasteiger charge is 2.30. The molecule has 1 saturated heterocycles. The second-order valence-corrected chi connectivity index (χ2v) is 5.14. The predicted molar refractivity (Wildman–Crippen MR) is 66.6 cm³/mol. The summed E-state index contributed by atoms with van der Waals surface area (Å²) in [6.45, 7) is 2.86. The first kappa shape index (κ1) is 12.8. The maximum atomic E-state index is 13.6. The summed E-state index contributed by atoms with van der Waals surface area (Å²) < 4.78 is 19.1. The fourth-order valence-corrected chi connectivity index (χ4v) is 2.53. The highest BCUT2D eigenvalue weighted by Crippen LogP contribution is 2.25. The highest BCUT2D eigenvalue weighted by atomic mass is 35.5. The molecule has 2 rings (SSSR count). The van der Waals surface area contributed by atoms with Gasteiger partial charge in [0.2, 0.25) is 0 Å². The molecule has 2 nitrogen and oxygen atoms in total. The smallest absolute Gasteiger partial charge is 0.126 e. The Balaban J connectivity index is 2.07. The summed E-state index contributed by atoms with van der Waals surface area (Å²) in [5.74, 6) is 0.183. The van der Waals surface area contributed by atoms with Crippen molar-refractivity contribution in [2.45, 2.75) is 31.9 Å². The molecule has 0 radical (unpaired) electrons. The lowest BCUT2D eigenvalue weighted by atomic mass is 9.93. The van der Waals surface area contributed by atoms with Crippen LogP contribution in [0.2, 0.25) is 5.02 Å². The summed E-state index contributed by atoms with van der Waals surface area (Å²) in [6, 6.07) is 4.38. The van der Waals surface area contributed by atoms with Gasteiger partial charge >= 0.3 is 0 Å². The van der Waals surface area contributed by atoms with Crippen LogP contribution in [0.5, 0.6) is 0 Å². The number of benzene rings is 1. The summed E-state index contributed by atoms with van der Waals surface area (Å²) in [5.41, 5.74) is 6.65. The number of ether oxygens (including phenoxy) is 1. The molecule has 1 heterocycles. The molecule has 4 heteroatoms. The summed E-state index contributed by atoms with van der Waals surface area (Å²) in [4.78, 5) is 0. The topological polar surface area (TPSA) is 35.2 Å². The molecule has 1 fully saturated rings. The quantitative estimate of drug-likeness (QED) is 0.904. The van der Waals surface area contributed by atoms with Crippen LogP contribution in [0.4, 0.5) is 4.39 Å². The Morgan fingerprint density at radius 2 is 2.35 bits per heavy atom. The van der Waals surface area contributed by atoms with E-state index in [2.05, 4.69) is 6.92 Å². The summed E-state index contributed by atoms with van der Waals surface area (Å²) in [5, 5.41) is 0.536. The van der Waals surface area contributed by atoms with Crippen molar-refractivity contribution in [1.82, 2.24) is 0 Å². The summed E-state index contributed by atoms with van der Waals surface area (Å²) in [7, 11) is 0. The second kappa shape index (κ2) is 5.34. The molecule has 1 aromatic rings. The molecule has 94 valence electrons. The maximum absolute atomic E-state index is 13.6. The molecule has 0 bridgehead atoms. The van der Waals surface area contributed by atoms with Crippen LogP contribution in [0.3, 0.4) is 0 Å². The van der Waals surface area contributed by atoms with Gasteiger partial charge in [-0.15, -0.1) is 0 Å². The standard InChI is InChI=1S/C13H17ClFNO/c1-8-4-5-17-13(8)12(16)7-9-6-10(14)2-3-11(9)15/h2-3,6,8,12-13H,4-5,7,16H2,1H3. The van der Waals surface area contributed by atoms with Crippen LogP contribution in [0.15, 0.2) is 18.2 Å². The Labute approximate surface area is 106 Å². The van der Waals surface area contributed by atoms with Crippen LogP contribution in [0.1, 0.15) is 18.9 Å². The van der Waals surface area contributed by atoms with Crippen molar-refractivity contribution in [2.75, 3.05) is 6.61 Å². The zero-order valence-electron chi connectivity index (χ0n) is 9.83. The van der Waals surface area contributed by atoms with E-state index < -0.39 is 0 Å². The minimum Gasteiger partial charge on any atom is -0.376 e. The molecule has 3 unspecified atom stereocenters. The number of hydrogen-bond acceptors (Lipinski definition) is 2. The molecule has 17 heavy (non-hydrogen) atoms. The van der Waals surface area contributed by atoms with Gasteiger partial charge in [0.15, 0.2) is 0 Å². The molecule has 2 N–H and O–H groups in total. The van der Waals surface area contributed by atoms with Gasteiger partial charge in [-0.2, -0.15) is 0 Å². The van der Waals surface area contributed by atoms with Gasteiger partial charge in [0, 0.05) is 17.7 Å². The van der Waals surface area contributed by atoms with E-state index in [1.54, 1.807) is 12.1 Å². The fraction of sp³-hybridized carbons (Fsp3) is 0.538. The van der Waals surface area contributed by atoms with Gasteiger partial charge < -0.3 is 10.5 Å². The molecule has 0 amide bonds. The van der Waals surface area contributed by atoms with Crippen molar-refractivity contribution in [2.24, 2.45) is 11.7 Å². The van der Waals surface area contributed by atoms with Crippen molar-refractivity contribution in [3.05, 3.63) is 34.6 Å². The molecule has 1 aliphatic rings. The van der Waals surface area contributed by atoms with E-state index in [0.29, 0.717) is 22.9 Å². The molecule has 3 atom stereocenters. The minimum absolute atomic E-state index is 0.0216. The van der Waals surface area contributed by atoms with Crippen molar-refractivity contribution in [1.29, 1.82) is 0 Å². The van der Waals surface area contributed by atoms with Gasteiger partial charge in [0.05, 0.1) is 6.10 Å². The van der Waals surface area contributed by atoms with Gasteiger partial charge in [-0.05, 0) is 42.5 Å². The average molecular weight is 258 g/mol. The fourth-order valence-electron chi connectivity index (χ4n) is 2.33. The van der Waals surface area contributed by atoms with Crippen LogP contribution in [0, 0.1) is 11.7 Å².